The van der Waals surface area contributed by atoms with Crippen LogP contribution in [-0.2, 0) is 0 Å². The average molecular weight is 222 g/mol. The van der Waals surface area contributed by atoms with Crippen LogP contribution in [0.4, 0.5) is 0 Å². The zero-order valence-electron chi connectivity index (χ0n) is 11.4. The molecule has 0 aromatic rings. The third kappa shape index (κ3) is 2.63. The molecule has 2 aliphatic carbocycles. The third-order valence-corrected chi connectivity index (χ3v) is 5.52. The Kier molecular flexibility index (Phi) is 4.73. The van der Waals surface area contributed by atoms with E-state index in [0.29, 0.717) is 0 Å². The minimum atomic E-state index is 1.06. The highest BCUT2D eigenvalue weighted by atomic mass is 14.4. The Bertz CT molecular complexity index is 190. The summed E-state index contributed by atoms with van der Waals surface area (Å²) in [6, 6.07) is 0. The summed E-state index contributed by atoms with van der Waals surface area (Å²) >= 11 is 0. The van der Waals surface area contributed by atoms with Gasteiger partial charge in [-0.05, 0) is 30.1 Å². The van der Waals surface area contributed by atoms with E-state index >= 15 is 0 Å². The van der Waals surface area contributed by atoms with E-state index in [9.17, 15) is 0 Å². The molecule has 0 nitrogen and oxygen atoms in total. The first-order chi connectivity index (χ1) is 7.86. The summed E-state index contributed by atoms with van der Waals surface area (Å²) in [5.41, 5.74) is 0. The van der Waals surface area contributed by atoms with Gasteiger partial charge in [0.05, 0.1) is 0 Å². The van der Waals surface area contributed by atoms with Crippen LogP contribution in [0, 0.1) is 23.7 Å². The molecule has 2 fully saturated rings. The van der Waals surface area contributed by atoms with Gasteiger partial charge >= 0.3 is 0 Å². The molecule has 2 aliphatic rings. The van der Waals surface area contributed by atoms with E-state index in [0.717, 1.165) is 23.7 Å². The van der Waals surface area contributed by atoms with Gasteiger partial charge in [0.25, 0.3) is 0 Å². The summed E-state index contributed by atoms with van der Waals surface area (Å²) in [6.07, 6.45) is 15.1. The Morgan fingerprint density at radius 1 is 0.750 bits per heavy atom. The topological polar surface area (TPSA) is 0 Å². The molecule has 3 atom stereocenters. The second kappa shape index (κ2) is 6.07. The van der Waals surface area contributed by atoms with Crippen molar-refractivity contribution in [3.8, 4) is 0 Å². The maximum Gasteiger partial charge on any atom is -0.0355 e. The highest BCUT2D eigenvalue weighted by Crippen LogP contribution is 2.46. The molecule has 0 heteroatoms. The minimum Gasteiger partial charge on any atom is -0.0651 e. The van der Waals surface area contributed by atoms with Crippen LogP contribution >= 0.6 is 0 Å². The predicted molar refractivity (Wildman–Crippen MR) is 71.5 cm³/mol. The molecule has 16 heavy (non-hydrogen) atoms. The Labute approximate surface area is 102 Å². The van der Waals surface area contributed by atoms with Crippen LogP contribution in [0.3, 0.4) is 0 Å². The van der Waals surface area contributed by atoms with Gasteiger partial charge in [-0.1, -0.05) is 71.6 Å². The molecule has 0 N–H and O–H groups in total. The zero-order chi connectivity index (χ0) is 11.4. The summed E-state index contributed by atoms with van der Waals surface area (Å²) in [5, 5.41) is 0. The largest absolute Gasteiger partial charge is 0.0651 e. The summed E-state index contributed by atoms with van der Waals surface area (Å²) in [7, 11) is 0. The quantitative estimate of drug-likeness (QED) is 0.598. The van der Waals surface area contributed by atoms with Crippen molar-refractivity contribution >= 4 is 0 Å². The van der Waals surface area contributed by atoms with Gasteiger partial charge < -0.3 is 0 Å². The van der Waals surface area contributed by atoms with E-state index in [2.05, 4.69) is 13.8 Å². The maximum atomic E-state index is 2.44. The van der Waals surface area contributed by atoms with Crippen LogP contribution in [-0.4, -0.2) is 0 Å². The predicted octanol–water partition coefficient (Wildman–Crippen LogP) is 5.42. The van der Waals surface area contributed by atoms with Crippen LogP contribution < -0.4 is 0 Å². The van der Waals surface area contributed by atoms with Crippen molar-refractivity contribution < 1.29 is 0 Å². The van der Waals surface area contributed by atoms with Crippen LogP contribution in [0.5, 0.6) is 0 Å². The number of hydrogen-bond acceptors (Lipinski definition) is 0. The number of hydrogen-bond donors (Lipinski definition) is 0. The highest BCUT2D eigenvalue weighted by molar-refractivity contribution is 4.86. The second-order valence-corrected chi connectivity index (χ2v) is 6.23. The standard InChI is InChI=1S/C16H30/c1-3-13-11-8-12-16(15(13)4-2)14-9-6-5-7-10-14/h13-16H,3-12H2,1-2H3. The van der Waals surface area contributed by atoms with Crippen molar-refractivity contribution in [2.45, 2.75) is 78.1 Å². The Morgan fingerprint density at radius 2 is 1.50 bits per heavy atom. The normalized spacial score (nSPS) is 37.5. The van der Waals surface area contributed by atoms with Crippen molar-refractivity contribution in [2.24, 2.45) is 23.7 Å². The molecule has 0 amide bonds. The van der Waals surface area contributed by atoms with Crippen molar-refractivity contribution in [2.75, 3.05) is 0 Å². The minimum absolute atomic E-state index is 1.06. The van der Waals surface area contributed by atoms with Gasteiger partial charge in [-0.2, -0.15) is 0 Å². The van der Waals surface area contributed by atoms with Gasteiger partial charge in [-0.25, -0.2) is 0 Å². The summed E-state index contributed by atoms with van der Waals surface area (Å²) in [4.78, 5) is 0. The smallest absolute Gasteiger partial charge is 0.0355 e. The van der Waals surface area contributed by atoms with Crippen molar-refractivity contribution in [3.05, 3.63) is 0 Å². The van der Waals surface area contributed by atoms with Gasteiger partial charge in [0, 0.05) is 0 Å². The van der Waals surface area contributed by atoms with Crippen molar-refractivity contribution in [1.82, 2.24) is 0 Å². The van der Waals surface area contributed by atoms with E-state index in [-0.39, 0.29) is 0 Å². The Hall–Kier alpha value is 0. The lowest BCUT2D eigenvalue weighted by molar-refractivity contribution is 0.0747. The summed E-state index contributed by atoms with van der Waals surface area (Å²) in [5.74, 6) is 4.34. The molecule has 0 spiro atoms. The summed E-state index contributed by atoms with van der Waals surface area (Å²) in [6.45, 7) is 4.85. The first-order valence-electron chi connectivity index (χ1n) is 7.86. The molecule has 0 bridgehead atoms. The van der Waals surface area contributed by atoms with Crippen LogP contribution in [0.15, 0.2) is 0 Å². The Morgan fingerprint density at radius 3 is 2.12 bits per heavy atom. The van der Waals surface area contributed by atoms with Gasteiger partial charge in [-0.3, -0.25) is 0 Å². The lowest BCUT2D eigenvalue weighted by Crippen LogP contribution is -2.33. The zero-order valence-corrected chi connectivity index (χ0v) is 11.4. The van der Waals surface area contributed by atoms with Crippen molar-refractivity contribution in [3.63, 3.8) is 0 Å². The average Bonchev–Trinajstić information content (AvgIpc) is 2.38. The Balaban J connectivity index is 1.99. The van der Waals surface area contributed by atoms with Gasteiger partial charge in [0.2, 0.25) is 0 Å². The fraction of sp³-hybridized carbons (Fsp3) is 1.00. The fourth-order valence-corrected chi connectivity index (χ4v) is 4.68. The van der Waals surface area contributed by atoms with E-state index in [4.69, 9.17) is 0 Å². The lowest BCUT2D eigenvalue weighted by Gasteiger charge is -2.43. The van der Waals surface area contributed by atoms with Gasteiger partial charge in [0.15, 0.2) is 0 Å². The molecule has 2 saturated carbocycles. The molecule has 0 aliphatic heterocycles. The van der Waals surface area contributed by atoms with Gasteiger partial charge in [0.1, 0.15) is 0 Å². The first kappa shape index (κ1) is 12.5. The highest BCUT2D eigenvalue weighted by Gasteiger charge is 2.35. The van der Waals surface area contributed by atoms with Crippen LogP contribution in [0.25, 0.3) is 0 Å². The van der Waals surface area contributed by atoms with E-state index < -0.39 is 0 Å². The molecular weight excluding hydrogens is 192 g/mol. The lowest BCUT2D eigenvalue weighted by atomic mass is 9.63. The maximum absolute atomic E-state index is 2.44. The molecule has 3 unspecified atom stereocenters. The van der Waals surface area contributed by atoms with Crippen LogP contribution in [0.2, 0.25) is 0 Å². The molecule has 94 valence electrons. The molecule has 0 radical (unpaired) electrons. The first-order valence-corrected chi connectivity index (χ1v) is 7.86. The fourth-order valence-electron chi connectivity index (χ4n) is 4.68. The van der Waals surface area contributed by atoms with Crippen LogP contribution in [0.1, 0.15) is 78.1 Å². The number of rotatable bonds is 3. The van der Waals surface area contributed by atoms with Crippen molar-refractivity contribution in [1.29, 1.82) is 0 Å². The van der Waals surface area contributed by atoms with E-state index in [1.807, 2.05) is 0 Å². The van der Waals surface area contributed by atoms with Gasteiger partial charge in [-0.15, -0.1) is 0 Å². The summed E-state index contributed by atoms with van der Waals surface area (Å²) < 4.78 is 0. The molecule has 0 saturated heterocycles. The molecule has 0 heterocycles. The van der Waals surface area contributed by atoms with E-state index in [1.165, 1.54) is 44.9 Å². The monoisotopic (exact) mass is 222 g/mol. The molecule has 2 rings (SSSR count). The van der Waals surface area contributed by atoms with E-state index in [1.54, 1.807) is 19.3 Å². The molecular formula is C16H30. The third-order valence-electron chi connectivity index (χ3n) is 5.52. The second-order valence-electron chi connectivity index (χ2n) is 6.23. The molecule has 0 aromatic heterocycles. The molecule has 0 aromatic carbocycles. The SMILES string of the molecule is CCC1CCCC(C2CCCCC2)C1CC.